The van der Waals surface area contributed by atoms with E-state index in [0.717, 1.165) is 0 Å². The molecule has 4 N–H and O–H groups in total. The van der Waals surface area contributed by atoms with E-state index in [0.29, 0.717) is 16.8 Å². The zero-order valence-corrected chi connectivity index (χ0v) is 10.6. The molecule has 2 amide bonds. The van der Waals surface area contributed by atoms with Gasteiger partial charge in [-0.1, -0.05) is 6.07 Å². The number of carboxylic acid groups (broad SMARTS) is 1. The molecule has 1 aromatic carbocycles. The highest BCUT2D eigenvalue weighted by Gasteiger charge is 2.10. The number of benzene rings is 1. The lowest BCUT2D eigenvalue weighted by Crippen LogP contribution is -2.16. The maximum Gasteiger partial charge on any atom is 0.303 e. The van der Waals surface area contributed by atoms with Gasteiger partial charge < -0.3 is 16.2 Å². The summed E-state index contributed by atoms with van der Waals surface area (Å²) in [5.41, 5.74) is 6.67. The normalized spacial score (nSPS) is 9.95. The molecule has 0 aliphatic rings. The summed E-state index contributed by atoms with van der Waals surface area (Å²) in [4.78, 5) is 33.1. The van der Waals surface area contributed by atoms with E-state index in [1.807, 2.05) is 0 Å². The van der Waals surface area contributed by atoms with Crippen molar-refractivity contribution in [2.75, 3.05) is 5.32 Å². The number of nitrogens with two attached hydrogens (primary N) is 1. The van der Waals surface area contributed by atoms with E-state index in [1.165, 1.54) is 0 Å². The van der Waals surface area contributed by atoms with Gasteiger partial charge in [-0.05, 0) is 31.0 Å². The van der Waals surface area contributed by atoms with Crippen LogP contribution in [0.4, 0.5) is 5.69 Å². The van der Waals surface area contributed by atoms with Crippen molar-refractivity contribution in [2.45, 2.75) is 26.2 Å². The van der Waals surface area contributed by atoms with E-state index in [1.54, 1.807) is 25.1 Å². The molecule has 0 saturated heterocycles. The number of anilines is 1. The number of carbonyl (C=O) groups excluding carboxylic acids is 2. The van der Waals surface area contributed by atoms with E-state index in [-0.39, 0.29) is 25.2 Å². The second-order valence-electron chi connectivity index (χ2n) is 4.14. The lowest BCUT2D eigenvalue weighted by Gasteiger charge is -2.10. The number of carboxylic acids is 1. The van der Waals surface area contributed by atoms with E-state index < -0.39 is 11.9 Å². The fraction of sp³-hybridized carbons (Fsp3) is 0.308. The van der Waals surface area contributed by atoms with Gasteiger partial charge in [0.15, 0.2) is 0 Å². The van der Waals surface area contributed by atoms with E-state index >= 15 is 0 Å². The number of nitrogens with one attached hydrogen (secondary N) is 1. The number of aliphatic carboxylic acids is 1. The van der Waals surface area contributed by atoms with Crippen LogP contribution in [-0.2, 0) is 9.59 Å². The van der Waals surface area contributed by atoms with Gasteiger partial charge in [0.05, 0.1) is 0 Å². The Bertz CT molecular complexity index is 511. The zero-order valence-electron chi connectivity index (χ0n) is 10.6. The molecule has 0 fully saturated rings. The van der Waals surface area contributed by atoms with E-state index in [4.69, 9.17) is 10.8 Å². The highest BCUT2D eigenvalue weighted by atomic mass is 16.4. The number of hydrogen-bond acceptors (Lipinski definition) is 3. The first kappa shape index (κ1) is 14.7. The van der Waals surface area contributed by atoms with Gasteiger partial charge in [0.25, 0.3) is 0 Å². The van der Waals surface area contributed by atoms with Crippen LogP contribution in [0.3, 0.4) is 0 Å². The SMILES string of the molecule is Cc1c(NC(=O)CCCC(=O)O)cccc1C(N)=O. The quantitative estimate of drug-likeness (QED) is 0.719. The van der Waals surface area contributed by atoms with Crippen molar-refractivity contribution in [3.63, 3.8) is 0 Å². The predicted octanol–water partition coefficient (Wildman–Crippen LogP) is 1.29. The number of primary amides is 1. The standard InChI is InChI=1S/C13H16N2O4/c1-8-9(13(14)19)4-2-5-10(8)15-11(16)6-3-7-12(17)18/h2,4-5H,3,6-7H2,1H3,(H2,14,19)(H,15,16)(H,17,18). The van der Waals surface area contributed by atoms with Crippen molar-refractivity contribution in [2.24, 2.45) is 5.73 Å². The zero-order chi connectivity index (χ0) is 14.4. The van der Waals surface area contributed by atoms with Gasteiger partial charge in [0.2, 0.25) is 11.8 Å². The van der Waals surface area contributed by atoms with Crippen molar-refractivity contribution in [1.82, 2.24) is 0 Å². The first-order valence-electron chi connectivity index (χ1n) is 5.83. The Balaban J connectivity index is 2.67. The summed E-state index contributed by atoms with van der Waals surface area (Å²) in [6.45, 7) is 1.69. The van der Waals surface area contributed by atoms with Crippen LogP contribution in [-0.4, -0.2) is 22.9 Å². The Kier molecular flexibility index (Phi) is 5.05. The monoisotopic (exact) mass is 264 g/mol. The summed E-state index contributed by atoms with van der Waals surface area (Å²) in [7, 11) is 0. The van der Waals surface area contributed by atoms with Gasteiger partial charge in [-0.3, -0.25) is 14.4 Å². The first-order valence-corrected chi connectivity index (χ1v) is 5.83. The van der Waals surface area contributed by atoms with Gasteiger partial charge in [0, 0.05) is 24.1 Å². The van der Waals surface area contributed by atoms with Gasteiger partial charge in [0.1, 0.15) is 0 Å². The van der Waals surface area contributed by atoms with Gasteiger partial charge >= 0.3 is 5.97 Å². The second-order valence-corrected chi connectivity index (χ2v) is 4.14. The topological polar surface area (TPSA) is 109 Å². The second kappa shape index (κ2) is 6.53. The van der Waals surface area contributed by atoms with Gasteiger partial charge in [-0.15, -0.1) is 0 Å². The van der Waals surface area contributed by atoms with E-state index in [2.05, 4.69) is 5.32 Å². The van der Waals surface area contributed by atoms with Crippen LogP contribution in [0.15, 0.2) is 18.2 Å². The summed E-state index contributed by atoms with van der Waals surface area (Å²) in [5, 5.41) is 11.1. The number of carbonyl (C=O) groups is 3. The molecule has 0 atom stereocenters. The molecule has 0 unspecified atom stereocenters. The fourth-order valence-corrected chi connectivity index (χ4v) is 1.65. The molecule has 0 aromatic heterocycles. The lowest BCUT2D eigenvalue weighted by atomic mass is 10.1. The molecule has 0 heterocycles. The van der Waals surface area contributed by atoms with Crippen LogP contribution in [0.2, 0.25) is 0 Å². The van der Waals surface area contributed by atoms with Crippen LogP contribution in [0.5, 0.6) is 0 Å². The molecule has 19 heavy (non-hydrogen) atoms. The van der Waals surface area contributed by atoms with Crippen molar-refractivity contribution in [1.29, 1.82) is 0 Å². The molecule has 0 aliphatic heterocycles. The molecule has 6 nitrogen and oxygen atoms in total. The third-order valence-corrected chi connectivity index (χ3v) is 2.67. The minimum Gasteiger partial charge on any atom is -0.481 e. The van der Waals surface area contributed by atoms with Crippen LogP contribution in [0.25, 0.3) is 0 Å². The highest BCUT2D eigenvalue weighted by molar-refractivity contribution is 5.98. The molecule has 6 heteroatoms. The summed E-state index contributed by atoms with van der Waals surface area (Å²) >= 11 is 0. The van der Waals surface area contributed by atoms with Crippen LogP contribution in [0.1, 0.15) is 35.2 Å². The predicted molar refractivity (Wildman–Crippen MR) is 69.8 cm³/mol. The molecule has 102 valence electrons. The Morgan fingerprint density at radius 3 is 2.53 bits per heavy atom. The summed E-state index contributed by atoms with van der Waals surface area (Å²) in [6, 6.07) is 4.87. The smallest absolute Gasteiger partial charge is 0.303 e. The Hall–Kier alpha value is -2.37. The third kappa shape index (κ3) is 4.42. The molecule has 0 aliphatic carbocycles. The summed E-state index contributed by atoms with van der Waals surface area (Å²) in [5.74, 6) is -1.77. The first-order chi connectivity index (χ1) is 8.91. The van der Waals surface area contributed by atoms with Crippen molar-refractivity contribution in [3.05, 3.63) is 29.3 Å². The molecule has 0 saturated carbocycles. The van der Waals surface area contributed by atoms with Crippen molar-refractivity contribution < 1.29 is 19.5 Å². The number of hydrogen-bond donors (Lipinski definition) is 3. The number of amides is 2. The minimum absolute atomic E-state index is 0.0479. The fourth-order valence-electron chi connectivity index (χ4n) is 1.65. The molecule has 1 aromatic rings. The molecule has 1 rings (SSSR count). The molecule has 0 spiro atoms. The van der Waals surface area contributed by atoms with E-state index in [9.17, 15) is 14.4 Å². The Morgan fingerprint density at radius 2 is 1.95 bits per heavy atom. The molecular formula is C13H16N2O4. The van der Waals surface area contributed by atoms with Crippen molar-refractivity contribution in [3.8, 4) is 0 Å². The minimum atomic E-state index is -0.931. The maximum atomic E-state index is 11.6. The average molecular weight is 264 g/mol. The van der Waals surface area contributed by atoms with Crippen LogP contribution >= 0.6 is 0 Å². The largest absolute Gasteiger partial charge is 0.481 e. The maximum absolute atomic E-state index is 11.6. The lowest BCUT2D eigenvalue weighted by molar-refractivity contribution is -0.137. The van der Waals surface area contributed by atoms with Crippen LogP contribution < -0.4 is 11.1 Å². The molecule has 0 bridgehead atoms. The van der Waals surface area contributed by atoms with Crippen LogP contribution in [0, 0.1) is 6.92 Å². The summed E-state index contributed by atoms with van der Waals surface area (Å²) in [6.07, 6.45) is 0.343. The summed E-state index contributed by atoms with van der Waals surface area (Å²) < 4.78 is 0. The number of rotatable bonds is 6. The van der Waals surface area contributed by atoms with Gasteiger partial charge in [-0.2, -0.15) is 0 Å². The highest BCUT2D eigenvalue weighted by Crippen LogP contribution is 2.18. The molecular weight excluding hydrogens is 248 g/mol. The van der Waals surface area contributed by atoms with Gasteiger partial charge in [-0.25, -0.2) is 0 Å². The Morgan fingerprint density at radius 1 is 1.26 bits per heavy atom. The third-order valence-electron chi connectivity index (χ3n) is 2.67. The van der Waals surface area contributed by atoms with Crippen molar-refractivity contribution >= 4 is 23.5 Å². The molecule has 0 radical (unpaired) electrons. The Labute approximate surface area is 110 Å². The average Bonchev–Trinajstić information content (AvgIpc) is 2.31.